The molecule has 0 aliphatic heterocycles. The summed E-state index contributed by atoms with van der Waals surface area (Å²) in [5.41, 5.74) is 0.237. The number of benzene rings is 3. The normalized spacial score (nSPS) is 12.2. The van der Waals surface area contributed by atoms with Crippen LogP contribution < -0.4 is 23.8 Å². The Hall–Kier alpha value is -3.67. The molecule has 45 heavy (non-hydrogen) atoms. The lowest BCUT2D eigenvalue weighted by Crippen LogP contribution is -2.54. The number of anilines is 1. The predicted octanol–water partition coefficient (Wildman–Crippen LogP) is 5.94. The van der Waals surface area contributed by atoms with Crippen molar-refractivity contribution in [2.24, 2.45) is 0 Å². The van der Waals surface area contributed by atoms with Crippen molar-refractivity contribution >= 4 is 50.7 Å². The maximum atomic E-state index is 14.2. The summed E-state index contributed by atoms with van der Waals surface area (Å²) in [4.78, 5) is 28.7. The van der Waals surface area contributed by atoms with E-state index in [-0.39, 0.29) is 27.9 Å². The number of halogens is 2. The van der Waals surface area contributed by atoms with E-state index in [0.717, 1.165) is 4.31 Å². The van der Waals surface area contributed by atoms with Crippen LogP contribution in [0.1, 0.15) is 40.2 Å². The van der Waals surface area contributed by atoms with Gasteiger partial charge in [-0.2, -0.15) is 0 Å². The molecule has 0 fully saturated rings. The zero-order chi connectivity index (χ0) is 33.5. The number of methoxy groups -OCH3 is 2. The highest BCUT2D eigenvalue weighted by atomic mass is 35.5. The van der Waals surface area contributed by atoms with E-state index < -0.39 is 40.0 Å². The molecule has 3 aromatic carbocycles. The molecule has 3 aromatic rings. The number of nitrogens with one attached hydrogen (secondary N) is 1. The Morgan fingerprint density at radius 1 is 0.911 bits per heavy atom. The predicted molar refractivity (Wildman–Crippen MR) is 176 cm³/mol. The van der Waals surface area contributed by atoms with Crippen LogP contribution in [0.2, 0.25) is 10.0 Å². The van der Waals surface area contributed by atoms with Gasteiger partial charge < -0.3 is 24.4 Å². The highest BCUT2D eigenvalue weighted by molar-refractivity contribution is 7.92. The van der Waals surface area contributed by atoms with Gasteiger partial charge in [-0.1, -0.05) is 29.3 Å². The summed E-state index contributed by atoms with van der Waals surface area (Å²) in [7, 11) is -1.52. The summed E-state index contributed by atoms with van der Waals surface area (Å²) < 4.78 is 45.6. The summed E-state index contributed by atoms with van der Waals surface area (Å²) in [6, 6.07) is 14.4. The Kier molecular flexibility index (Phi) is 12.0. The van der Waals surface area contributed by atoms with Crippen LogP contribution in [0.25, 0.3) is 0 Å². The van der Waals surface area contributed by atoms with Gasteiger partial charge in [-0.25, -0.2) is 8.42 Å². The topological polar surface area (TPSA) is 114 Å². The van der Waals surface area contributed by atoms with Gasteiger partial charge in [0, 0.05) is 18.2 Å². The van der Waals surface area contributed by atoms with E-state index in [4.69, 9.17) is 37.4 Å². The third-order valence-corrected chi connectivity index (χ3v) is 9.17. The van der Waals surface area contributed by atoms with E-state index in [1.807, 2.05) is 27.7 Å². The first-order chi connectivity index (χ1) is 21.1. The number of carbonyl (C=O) groups excluding carboxylic acids is 2. The smallest absolute Gasteiger partial charge is 0.264 e. The van der Waals surface area contributed by atoms with Crippen molar-refractivity contribution in [2.45, 2.75) is 57.6 Å². The van der Waals surface area contributed by atoms with Crippen LogP contribution in [0.5, 0.6) is 17.2 Å². The third-order valence-electron chi connectivity index (χ3n) is 6.66. The van der Waals surface area contributed by atoms with Gasteiger partial charge in [-0.05, 0) is 88.7 Å². The van der Waals surface area contributed by atoms with Gasteiger partial charge >= 0.3 is 0 Å². The molecule has 0 aromatic heterocycles. The number of hydrogen-bond donors (Lipinski definition) is 1. The van der Waals surface area contributed by atoms with Crippen molar-refractivity contribution in [2.75, 3.05) is 31.7 Å². The number of sulfonamides is 1. The van der Waals surface area contributed by atoms with E-state index in [0.29, 0.717) is 28.7 Å². The van der Waals surface area contributed by atoms with Crippen molar-refractivity contribution in [3.05, 3.63) is 76.3 Å². The lowest BCUT2D eigenvalue weighted by Gasteiger charge is -2.33. The lowest BCUT2D eigenvalue weighted by atomic mass is 10.1. The van der Waals surface area contributed by atoms with Gasteiger partial charge in [0.15, 0.2) is 11.5 Å². The fourth-order valence-corrected chi connectivity index (χ4v) is 6.15. The number of hydrogen-bond acceptors (Lipinski definition) is 7. The van der Waals surface area contributed by atoms with Crippen molar-refractivity contribution in [1.29, 1.82) is 0 Å². The highest BCUT2D eigenvalue weighted by Crippen LogP contribution is 2.33. The van der Waals surface area contributed by atoms with Crippen LogP contribution in [0.4, 0.5) is 5.69 Å². The minimum Gasteiger partial charge on any atom is -0.494 e. The molecule has 0 bridgehead atoms. The maximum Gasteiger partial charge on any atom is 0.264 e. The molecule has 244 valence electrons. The molecule has 13 heteroatoms. The second kappa shape index (κ2) is 15.1. The van der Waals surface area contributed by atoms with E-state index >= 15 is 0 Å². The first-order valence-electron chi connectivity index (χ1n) is 14.1. The monoisotopic (exact) mass is 679 g/mol. The van der Waals surface area contributed by atoms with Gasteiger partial charge in [0.1, 0.15) is 18.3 Å². The molecule has 0 aliphatic rings. The van der Waals surface area contributed by atoms with Crippen molar-refractivity contribution in [3.63, 3.8) is 0 Å². The highest BCUT2D eigenvalue weighted by Gasteiger charge is 2.34. The summed E-state index contributed by atoms with van der Waals surface area (Å²) in [6.45, 7) is 8.65. The first kappa shape index (κ1) is 35.8. The molecule has 1 unspecified atom stereocenters. The quantitative estimate of drug-likeness (QED) is 0.238. The van der Waals surface area contributed by atoms with Gasteiger partial charge in [0.2, 0.25) is 11.8 Å². The summed E-state index contributed by atoms with van der Waals surface area (Å²) in [6.07, 6.45) is 0. The molecule has 0 heterocycles. The number of ether oxygens (including phenoxy) is 3. The number of rotatable bonds is 13. The fraction of sp³-hybridized carbons (Fsp3) is 0.375. The average Bonchev–Trinajstić information content (AvgIpc) is 2.99. The maximum absolute atomic E-state index is 14.2. The van der Waals surface area contributed by atoms with Gasteiger partial charge in [0.05, 0.1) is 41.5 Å². The Labute approximate surface area is 275 Å². The minimum atomic E-state index is -4.36. The number of nitrogens with zero attached hydrogens (tertiary/aromatic N) is 2. The Bertz CT molecular complexity index is 1610. The standard InChI is InChI=1S/C32H39Cl2N3O7S/c1-8-44-24-12-10-23(11-13-24)37(45(40,41)25-14-16-28(42-6)29(18-25)43-7)20-30(38)36(21(2)31(39)35-32(3,4)5)19-22-9-15-26(33)27(34)17-22/h9-18,21H,8,19-20H2,1-7H3,(H,35,39). The Morgan fingerprint density at radius 2 is 1.56 bits per heavy atom. The van der Waals surface area contributed by atoms with Gasteiger partial charge in [0.25, 0.3) is 10.0 Å². The van der Waals surface area contributed by atoms with E-state index in [1.54, 1.807) is 49.4 Å². The molecular weight excluding hydrogens is 641 g/mol. The fourth-order valence-electron chi connectivity index (χ4n) is 4.40. The van der Waals surface area contributed by atoms with Gasteiger partial charge in [-0.3, -0.25) is 13.9 Å². The molecule has 10 nitrogen and oxygen atoms in total. The molecule has 1 N–H and O–H groups in total. The van der Waals surface area contributed by atoms with Gasteiger partial charge in [-0.15, -0.1) is 0 Å². The van der Waals surface area contributed by atoms with Crippen LogP contribution in [0.15, 0.2) is 65.6 Å². The third kappa shape index (κ3) is 9.18. The molecule has 0 saturated heterocycles. The zero-order valence-corrected chi connectivity index (χ0v) is 28.7. The largest absolute Gasteiger partial charge is 0.494 e. The van der Waals surface area contributed by atoms with Crippen LogP contribution in [-0.2, 0) is 26.2 Å². The van der Waals surface area contributed by atoms with E-state index in [9.17, 15) is 18.0 Å². The van der Waals surface area contributed by atoms with Crippen molar-refractivity contribution in [3.8, 4) is 17.2 Å². The van der Waals surface area contributed by atoms with Crippen LogP contribution in [-0.4, -0.2) is 64.1 Å². The lowest BCUT2D eigenvalue weighted by molar-refractivity contribution is -0.140. The number of carbonyl (C=O) groups is 2. The SMILES string of the molecule is CCOc1ccc(N(CC(=O)N(Cc2ccc(Cl)c(Cl)c2)C(C)C(=O)NC(C)(C)C)S(=O)(=O)c2ccc(OC)c(OC)c2)cc1. The second-order valence-corrected chi connectivity index (χ2v) is 13.8. The molecule has 1 atom stereocenters. The van der Waals surface area contributed by atoms with Crippen LogP contribution >= 0.6 is 23.2 Å². The van der Waals surface area contributed by atoms with Crippen molar-refractivity contribution in [1.82, 2.24) is 10.2 Å². The Morgan fingerprint density at radius 3 is 2.11 bits per heavy atom. The minimum absolute atomic E-state index is 0.0397. The van der Waals surface area contributed by atoms with Crippen molar-refractivity contribution < 1.29 is 32.2 Å². The number of amides is 2. The zero-order valence-electron chi connectivity index (χ0n) is 26.4. The van der Waals surface area contributed by atoms with E-state index in [2.05, 4.69) is 5.32 Å². The van der Waals surface area contributed by atoms with Crippen LogP contribution in [0.3, 0.4) is 0 Å². The summed E-state index contributed by atoms with van der Waals surface area (Å²) in [5.74, 6) is 0.0310. The van der Waals surface area contributed by atoms with E-state index in [1.165, 1.54) is 37.3 Å². The molecule has 0 aliphatic carbocycles. The second-order valence-electron chi connectivity index (χ2n) is 11.1. The Balaban J connectivity index is 2.10. The molecule has 0 saturated carbocycles. The molecule has 3 rings (SSSR count). The summed E-state index contributed by atoms with van der Waals surface area (Å²) in [5, 5.41) is 3.50. The van der Waals surface area contributed by atoms with Crippen LogP contribution in [0, 0.1) is 0 Å². The molecular formula is C32H39Cl2N3O7S. The first-order valence-corrected chi connectivity index (χ1v) is 16.3. The average molecular weight is 681 g/mol. The molecule has 0 spiro atoms. The molecule has 0 radical (unpaired) electrons. The summed E-state index contributed by atoms with van der Waals surface area (Å²) >= 11 is 12.4. The molecule has 2 amide bonds.